The van der Waals surface area contributed by atoms with Gasteiger partial charge < -0.3 is 10.2 Å². The number of carbonyl (C=O) groups excluding carboxylic acids is 2. The Kier molecular flexibility index (Phi) is 7.51. The van der Waals surface area contributed by atoms with Crippen LogP contribution in [0.15, 0.2) is 30.3 Å². The van der Waals surface area contributed by atoms with Gasteiger partial charge in [-0.2, -0.15) is 0 Å². The minimum Gasteiger partial charge on any atom is -0.354 e. The van der Waals surface area contributed by atoms with E-state index in [4.69, 9.17) is 0 Å². The van der Waals surface area contributed by atoms with Crippen molar-refractivity contribution in [3.8, 4) is 0 Å². The number of hydrogen-bond acceptors (Lipinski definition) is 2. The minimum absolute atomic E-state index is 0.0104. The first-order chi connectivity index (χ1) is 10.1. The van der Waals surface area contributed by atoms with E-state index in [2.05, 4.69) is 12.2 Å². The van der Waals surface area contributed by atoms with Gasteiger partial charge in [-0.25, -0.2) is 0 Å². The lowest BCUT2D eigenvalue weighted by atomic mass is 10.1. The van der Waals surface area contributed by atoms with Crippen LogP contribution in [0.3, 0.4) is 0 Å². The quantitative estimate of drug-likeness (QED) is 0.800. The molecule has 21 heavy (non-hydrogen) atoms. The molecule has 4 heteroatoms. The van der Waals surface area contributed by atoms with Gasteiger partial charge >= 0.3 is 0 Å². The van der Waals surface area contributed by atoms with Gasteiger partial charge in [0.2, 0.25) is 11.8 Å². The standard InChI is InChI=1S/C17H26N2O2/c1-4-5-11-17(21)18-12-13-19(15(3)20)14(2)16-9-7-6-8-10-16/h6-10,14H,4-5,11-13H2,1-3H3,(H,18,21). The Hall–Kier alpha value is -1.84. The summed E-state index contributed by atoms with van der Waals surface area (Å²) in [5.41, 5.74) is 1.10. The molecule has 0 aromatic heterocycles. The Bertz CT molecular complexity index is 445. The first-order valence-corrected chi connectivity index (χ1v) is 7.65. The number of unbranched alkanes of at least 4 members (excludes halogenated alkanes) is 1. The monoisotopic (exact) mass is 290 g/mol. The zero-order chi connectivity index (χ0) is 15.7. The van der Waals surface area contributed by atoms with Gasteiger partial charge in [0.05, 0.1) is 6.04 Å². The molecule has 0 saturated heterocycles. The normalized spacial score (nSPS) is 11.8. The Labute approximate surface area is 127 Å². The van der Waals surface area contributed by atoms with Crippen LogP contribution in [0.4, 0.5) is 0 Å². The third-order valence-electron chi connectivity index (χ3n) is 3.59. The second-order valence-electron chi connectivity index (χ2n) is 5.25. The fourth-order valence-corrected chi connectivity index (χ4v) is 2.28. The van der Waals surface area contributed by atoms with E-state index in [1.165, 1.54) is 0 Å². The molecule has 1 aromatic rings. The predicted molar refractivity (Wildman–Crippen MR) is 84.8 cm³/mol. The molecule has 0 aliphatic rings. The zero-order valence-electron chi connectivity index (χ0n) is 13.3. The van der Waals surface area contributed by atoms with Crippen LogP contribution in [0.1, 0.15) is 51.6 Å². The average Bonchev–Trinajstić information content (AvgIpc) is 2.49. The highest BCUT2D eigenvalue weighted by atomic mass is 16.2. The summed E-state index contributed by atoms with van der Waals surface area (Å²) in [6, 6.07) is 9.94. The Morgan fingerprint density at radius 3 is 2.48 bits per heavy atom. The van der Waals surface area contributed by atoms with Crippen molar-refractivity contribution >= 4 is 11.8 Å². The fourth-order valence-electron chi connectivity index (χ4n) is 2.28. The number of hydrogen-bond donors (Lipinski definition) is 1. The van der Waals surface area contributed by atoms with Gasteiger partial charge in [0.25, 0.3) is 0 Å². The molecule has 0 aliphatic carbocycles. The summed E-state index contributed by atoms with van der Waals surface area (Å²) in [5, 5.41) is 2.88. The second-order valence-corrected chi connectivity index (χ2v) is 5.25. The summed E-state index contributed by atoms with van der Waals surface area (Å²) in [7, 11) is 0. The van der Waals surface area contributed by atoms with E-state index >= 15 is 0 Å². The summed E-state index contributed by atoms with van der Waals surface area (Å²) in [6.45, 7) is 6.67. The molecular weight excluding hydrogens is 264 g/mol. The Morgan fingerprint density at radius 1 is 1.24 bits per heavy atom. The van der Waals surface area contributed by atoms with Crippen LogP contribution in [0, 0.1) is 0 Å². The molecule has 0 aliphatic heterocycles. The summed E-state index contributed by atoms with van der Waals surface area (Å²) in [6.07, 6.45) is 2.48. The van der Waals surface area contributed by atoms with Gasteiger partial charge in [0.1, 0.15) is 0 Å². The molecule has 116 valence electrons. The fraction of sp³-hybridized carbons (Fsp3) is 0.529. The maximum atomic E-state index is 11.8. The molecule has 0 bridgehead atoms. The minimum atomic E-state index is 0.0104. The molecule has 0 saturated carbocycles. The Morgan fingerprint density at radius 2 is 1.90 bits per heavy atom. The predicted octanol–water partition coefficient (Wildman–Crippen LogP) is 2.90. The van der Waals surface area contributed by atoms with Crippen molar-refractivity contribution in [3.63, 3.8) is 0 Å². The molecule has 0 heterocycles. The maximum Gasteiger partial charge on any atom is 0.220 e. The van der Waals surface area contributed by atoms with Crippen LogP contribution in [-0.4, -0.2) is 29.8 Å². The zero-order valence-corrected chi connectivity index (χ0v) is 13.3. The largest absolute Gasteiger partial charge is 0.354 e. The van der Waals surface area contributed by atoms with E-state index in [0.717, 1.165) is 18.4 Å². The van der Waals surface area contributed by atoms with Crippen LogP contribution in [0.25, 0.3) is 0 Å². The van der Waals surface area contributed by atoms with Crippen molar-refractivity contribution in [1.29, 1.82) is 0 Å². The molecule has 0 fully saturated rings. The highest BCUT2D eigenvalue weighted by Gasteiger charge is 2.17. The molecule has 1 unspecified atom stereocenters. The highest BCUT2D eigenvalue weighted by Crippen LogP contribution is 2.19. The van der Waals surface area contributed by atoms with Crippen molar-refractivity contribution in [1.82, 2.24) is 10.2 Å². The lowest BCUT2D eigenvalue weighted by Crippen LogP contribution is -2.38. The number of rotatable bonds is 8. The van der Waals surface area contributed by atoms with E-state index in [0.29, 0.717) is 19.5 Å². The van der Waals surface area contributed by atoms with Gasteiger partial charge in [0.15, 0.2) is 0 Å². The van der Waals surface area contributed by atoms with Gasteiger partial charge in [-0.1, -0.05) is 43.7 Å². The molecular formula is C17H26N2O2. The van der Waals surface area contributed by atoms with Gasteiger partial charge in [0, 0.05) is 26.4 Å². The molecule has 1 rings (SSSR count). The molecule has 1 aromatic carbocycles. The van der Waals surface area contributed by atoms with E-state index in [1.807, 2.05) is 37.3 Å². The molecule has 4 nitrogen and oxygen atoms in total. The van der Waals surface area contributed by atoms with E-state index in [1.54, 1.807) is 11.8 Å². The number of carbonyl (C=O) groups is 2. The summed E-state index contributed by atoms with van der Waals surface area (Å²) >= 11 is 0. The highest BCUT2D eigenvalue weighted by molar-refractivity contribution is 5.76. The van der Waals surface area contributed by atoms with Crippen molar-refractivity contribution in [2.45, 2.75) is 46.1 Å². The van der Waals surface area contributed by atoms with Crippen LogP contribution < -0.4 is 5.32 Å². The number of benzene rings is 1. The summed E-state index contributed by atoms with van der Waals surface area (Å²) in [5.74, 6) is 0.0851. The van der Waals surface area contributed by atoms with Crippen molar-refractivity contribution in [2.75, 3.05) is 13.1 Å². The van der Waals surface area contributed by atoms with Crippen molar-refractivity contribution < 1.29 is 9.59 Å². The number of amides is 2. The summed E-state index contributed by atoms with van der Waals surface area (Å²) in [4.78, 5) is 25.2. The van der Waals surface area contributed by atoms with Crippen molar-refractivity contribution in [3.05, 3.63) is 35.9 Å². The third kappa shape index (κ3) is 5.98. The lowest BCUT2D eigenvalue weighted by Gasteiger charge is -2.28. The first kappa shape index (κ1) is 17.2. The van der Waals surface area contributed by atoms with Gasteiger partial charge in [-0.15, -0.1) is 0 Å². The van der Waals surface area contributed by atoms with Crippen LogP contribution >= 0.6 is 0 Å². The number of nitrogens with one attached hydrogen (secondary N) is 1. The molecule has 2 amide bonds. The van der Waals surface area contributed by atoms with Gasteiger partial charge in [-0.3, -0.25) is 9.59 Å². The third-order valence-corrected chi connectivity index (χ3v) is 3.59. The van der Waals surface area contributed by atoms with Crippen LogP contribution in [0.2, 0.25) is 0 Å². The summed E-state index contributed by atoms with van der Waals surface area (Å²) < 4.78 is 0. The van der Waals surface area contributed by atoms with E-state index < -0.39 is 0 Å². The second kappa shape index (κ2) is 9.16. The SMILES string of the molecule is CCCCC(=O)NCCN(C(C)=O)C(C)c1ccccc1. The van der Waals surface area contributed by atoms with E-state index in [9.17, 15) is 9.59 Å². The lowest BCUT2D eigenvalue weighted by molar-refractivity contribution is -0.131. The first-order valence-electron chi connectivity index (χ1n) is 7.65. The van der Waals surface area contributed by atoms with Crippen LogP contribution in [0.5, 0.6) is 0 Å². The maximum absolute atomic E-state index is 11.8. The topological polar surface area (TPSA) is 49.4 Å². The molecule has 0 spiro atoms. The van der Waals surface area contributed by atoms with E-state index in [-0.39, 0.29) is 17.9 Å². The molecule has 1 N–H and O–H groups in total. The molecule has 0 radical (unpaired) electrons. The van der Waals surface area contributed by atoms with Crippen molar-refractivity contribution in [2.24, 2.45) is 0 Å². The Balaban J connectivity index is 2.51. The number of nitrogens with zero attached hydrogens (tertiary/aromatic N) is 1. The average molecular weight is 290 g/mol. The van der Waals surface area contributed by atoms with Gasteiger partial charge in [-0.05, 0) is 18.9 Å². The smallest absolute Gasteiger partial charge is 0.220 e. The van der Waals surface area contributed by atoms with Crippen LogP contribution in [-0.2, 0) is 9.59 Å². The molecule has 1 atom stereocenters.